The van der Waals surface area contributed by atoms with Gasteiger partial charge in [-0.05, 0) is 36.8 Å². The Morgan fingerprint density at radius 3 is 2.52 bits per heavy atom. The molecule has 0 saturated carbocycles. The Morgan fingerprint density at radius 2 is 1.78 bits per heavy atom. The van der Waals surface area contributed by atoms with Crippen molar-refractivity contribution < 1.29 is 0 Å². The van der Waals surface area contributed by atoms with Crippen LogP contribution in [0.15, 0.2) is 65.7 Å². The zero-order chi connectivity index (χ0) is 16.0. The topological polar surface area (TPSA) is 50.2 Å². The van der Waals surface area contributed by atoms with Crippen molar-refractivity contribution in [3.63, 3.8) is 0 Å². The second-order valence-electron chi connectivity index (χ2n) is 5.53. The Bertz CT molecular complexity index is 1140. The van der Waals surface area contributed by atoms with Gasteiger partial charge in [0.15, 0.2) is 0 Å². The van der Waals surface area contributed by atoms with E-state index >= 15 is 0 Å². The van der Waals surface area contributed by atoms with E-state index in [-0.39, 0.29) is 5.43 Å². The Hall–Kier alpha value is -3.32. The lowest BCUT2D eigenvalue weighted by atomic mass is 10.2. The molecule has 0 aliphatic rings. The minimum absolute atomic E-state index is 0.0902. The van der Waals surface area contributed by atoms with Gasteiger partial charge in [-0.15, -0.1) is 0 Å². The summed E-state index contributed by atoms with van der Waals surface area (Å²) < 4.78 is 3.71. The molecule has 23 heavy (non-hydrogen) atoms. The van der Waals surface area contributed by atoms with E-state index in [0.717, 1.165) is 16.8 Å². The van der Waals surface area contributed by atoms with E-state index < -0.39 is 0 Å². The maximum atomic E-state index is 12.4. The molecule has 0 radical (unpaired) electrons. The van der Waals surface area contributed by atoms with Crippen LogP contribution in [0.25, 0.3) is 22.2 Å². The maximum absolute atomic E-state index is 12.4. The van der Waals surface area contributed by atoms with Gasteiger partial charge in [-0.3, -0.25) is 4.79 Å². The molecule has 0 aliphatic heterocycles. The largest absolute Gasteiger partial charge is 0.314 e. The molecule has 0 bridgehead atoms. The summed E-state index contributed by atoms with van der Waals surface area (Å²) in [5.41, 5.74) is 4.34. The normalized spacial score (nSPS) is 11.0. The fourth-order valence-corrected chi connectivity index (χ4v) is 3.03. The first kappa shape index (κ1) is 13.4. The van der Waals surface area contributed by atoms with Gasteiger partial charge >= 0.3 is 0 Å². The molecule has 4 aromatic rings. The number of nitriles is 1. The van der Waals surface area contributed by atoms with Crippen molar-refractivity contribution in [1.82, 2.24) is 8.97 Å². The summed E-state index contributed by atoms with van der Waals surface area (Å²) >= 11 is 0. The van der Waals surface area contributed by atoms with Crippen LogP contribution >= 0.6 is 0 Å². The van der Waals surface area contributed by atoms with Gasteiger partial charge in [-0.25, -0.2) is 0 Å². The molecule has 0 N–H and O–H groups in total. The number of nitrogens with zero attached hydrogens (tertiary/aromatic N) is 3. The first-order chi connectivity index (χ1) is 11.2. The van der Waals surface area contributed by atoms with Crippen molar-refractivity contribution >= 4 is 16.6 Å². The Kier molecular flexibility index (Phi) is 2.82. The van der Waals surface area contributed by atoms with Gasteiger partial charge < -0.3 is 8.97 Å². The maximum Gasteiger partial charge on any atom is 0.206 e. The fraction of sp³-hybridized carbons (Fsp3) is 0.0526. The average molecular weight is 299 g/mol. The van der Waals surface area contributed by atoms with Crippen LogP contribution in [0.4, 0.5) is 0 Å². The first-order valence-electron chi connectivity index (χ1n) is 7.32. The molecule has 0 aliphatic carbocycles. The van der Waals surface area contributed by atoms with E-state index in [2.05, 4.69) is 6.07 Å². The van der Waals surface area contributed by atoms with E-state index in [9.17, 15) is 10.1 Å². The second kappa shape index (κ2) is 4.85. The van der Waals surface area contributed by atoms with Crippen LogP contribution in [0.1, 0.15) is 11.1 Å². The predicted molar refractivity (Wildman–Crippen MR) is 90.0 cm³/mol. The lowest BCUT2D eigenvalue weighted by Crippen LogP contribution is -2.07. The highest BCUT2D eigenvalue weighted by Gasteiger charge is 2.17. The molecule has 4 heteroatoms. The Morgan fingerprint density at radius 1 is 1.00 bits per heavy atom. The number of hydrogen-bond donors (Lipinski definition) is 0. The Balaban J connectivity index is 2.28. The van der Waals surface area contributed by atoms with Crippen molar-refractivity contribution in [2.75, 3.05) is 0 Å². The molecule has 0 spiro atoms. The molecule has 4 rings (SSSR count). The highest BCUT2D eigenvalue weighted by atomic mass is 16.1. The van der Waals surface area contributed by atoms with Crippen LogP contribution in [0.5, 0.6) is 0 Å². The van der Waals surface area contributed by atoms with Crippen molar-refractivity contribution in [1.29, 1.82) is 5.26 Å². The van der Waals surface area contributed by atoms with Crippen molar-refractivity contribution in [3.05, 3.63) is 82.3 Å². The number of aryl methyl sites for hydroxylation is 1. The summed E-state index contributed by atoms with van der Waals surface area (Å²) in [4.78, 5) is 12.4. The van der Waals surface area contributed by atoms with Crippen molar-refractivity contribution in [2.45, 2.75) is 6.92 Å². The van der Waals surface area contributed by atoms with Gasteiger partial charge in [-0.1, -0.05) is 18.2 Å². The van der Waals surface area contributed by atoms with E-state index in [4.69, 9.17) is 0 Å². The van der Waals surface area contributed by atoms with Crippen molar-refractivity contribution in [2.24, 2.45) is 0 Å². The molecule has 0 fully saturated rings. The molecule has 0 atom stereocenters. The molecule has 1 aromatic carbocycles. The summed E-state index contributed by atoms with van der Waals surface area (Å²) in [6.07, 6.45) is 3.58. The van der Waals surface area contributed by atoms with Gasteiger partial charge in [-0.2, -0.15) is 5.26 Å². The highest BCUT2D eigenvalue weighted by molar-refractivity contribution is 5.93. The van der Waals surface area contributed by atoms with Gasteiger partial charge in [0.1, 0.15) is 17.1 Å². The average Bonchev–Trinajstić information content (AvgIpc) is 2.90. The molecule has 4 nitrogen and oxygen atoms in total. The number of fused-ring (bicyclic) bond motifs is 3. The minimum atomic E-state index is -0.0902. The number of hydrogen-bond acceptors (Lipinski definition) is 2. The van der Waals surface area contributed by atoms with Crippen LogP contribution in [0.2, 0.25) is 0 Å². The SMILES string of the molecule is Cc1ccn2c(c1)c(C#N)c1c2c(=O)ccn1-c1ccccc1. The van der Waals surface area contributed by atoms with Gasteiger partial charge in [0, 0.05) is 24.1 Å². The monoisotopic (exact) mass is 299 g/mol. The van der Waals surface area contributed by atoms with Crippen LogP contribution < -0.4 is 5.43 Å². The molecule has 3 heterocycles. The van der Waals surface area contributed by atoms with Gasteiger partial charge in [0.05, 0.1) is 11.0 Å². The summed E-state index contributed by atoms with van der Waals surface area (Å²) in [6.45, 7) is 1.97. The lowest BCUT2D eigenvalue weighted by molar-refractivity contribution is 1.09. The molecular weight excluding hydrogens is 286 g/mol. The minimum Gasteiger partial charge on any atom is -0.314 e. The zero-order valence-electron chi connectivity index (χ0n) is 12.5. The van der Waals surface area contributed by atoms with E-state index in [1.54, 1.807) is 12.3 Å². The van der Waals surface area contributed by atoms with Gasteiger partial charge in [0.25, 0.3) is 0 Å². The molecular formula is C19H13N3O. The van der Waals surface area contributed by atoms with Crippen LogP contribution in [-0.4, -0.2) is 8.97 Å². The summed E-state index contributed by atoms with van der Waals surface area (Å²) in [7, 11) is 0. The third-order valence-electron chi connectivity index (χ3n) is 4.06. The zero-order valence-corrected chi connectivity index (χ0v) is 12.5. The summed E-state index contributed by atoms with van der Waals surface area (Å²) in [5.74, 6) is 0. The summed E-state index contributed by atoms with van der Waals surface area (Å²) in [5, 5.41) is 9.70. The third kappa shape index (κ3) is 1.87. The number of aromatic nitrogens is 2. The molecule has 0 unspecified atom stereocenters. The van der Waals surface area contributed by atoms with Crippen LogP contribution in [0.3, 0.4) is 0 Å². The summed E-state index contributed by atoms with van der Waals surface area (Å²) in [6, 6.07) is 17.4. The van der Waals surface area contributed by atoms with E-state index in [1.807, 2.05) is 64.6 Å². The number of para-hydroxylation sites is 1. The fourth-order valence-electron chi connectivity index (χ4n) is 3.03. The molecule has 3 aromatic heterocycles. The smallest absolute Gasteiger partial charge is 0.206 e. The number of benzene rings is 1. The molecule has 0 amide bonds. The number of pyridine rings is 2. The molecule has 110 valence electrons. The molecule has 0 saturated heterocycles. The quantitative estimate of drug-likeness (QED) is 0.540. The standard InChI is InChI=1S/C19H13N3O/c1-13-7-9-22-16(11-13)15(12-20)18-19(22)17(23)8-10-21(18)14-5-3-2-4-6-14/h2-11H,1H3. The van der Waals surface area contributed by atoms with Gasteiger partial charge in [0.2, 0.25) is 5.43 Å². The Labute approximate surface area is 132 Å². The van der Waals surface area contributed by atoms with Crippen molar-refractivity contribution in [3.8, 4) is 11.8 Å². The van der Waals surface area contributed by atoms with Crippen LogP contribution in [-0.2, 0) is 0 Å². The first-order valence-corrected chi connectivity index (χ1v) is 7.32. The lowest BCUT2D eigenvalue weighted by Gasteiger charge is -2.08. The predicted octanol–water partition coefficient (Wildman–Crippen LogP) is 3.42. The third-order valence-corrected chi connectivity index (χ3v) is 4.06. The van der Waals surface area contributed by atoms with Crippen LogP contribution in [0, 0.1) is 18.3 Å². The van der Waals surface area contributed by atoms with E-state index in [0.29, 0.717) is 16.6 Å². The second-order valence-corrected chi connectivity index (χ2v) is 5.53. The van der Waals surface area contributed by atoms with E-state index in [1.165, 1.54) is 0 Å². The number of rotatable bonds is 1. The highest BCUT2D eigenvalue weighted by Crippen LogP contribution is 2.26.